The van der Waals surface area contributed by atoms with Crippen molar-refractivity contribution in [1.29, 1.82) is 0 Å². The van der Waals surface area contributed by atoms with Gasteiger partial charge in [-0.15, -0.1) is 0 Å². The molecule has 0 saturated carbocycles. The number of rotatable bonds is 5. The summed E-state index contributed by atoms with van der Waals surface area (Å²) >= 11 is 0. The summed E-state index contributed by atoms with van der Waals surface area (Å²) < 4.78 is 23.6. The number of aryl methyl sites for hydroxylation is 1. The lowest BCUT2D eigenvalue weighted by Crippen LogP contribution is -2.29. The summed E-state index contributed by atoms with van der Waals surface area (Å²) in [4.78, 5) is 25.1. The number of fused-ring (bicyclic) bond motifs is 1. The standard InChI is InChI=1S/C18H24N4O3S/c1-5-22-11-13(8-17(22)23)10-21(3)18-19-12(2)15-7-6-14(26(4,24)25)9-16(15)20-18/h6-7,9,13H,5,8,10-11H2,1-4H3/t13-/m0/s1. The van der Waals surface area contributed by atoms with Crippen molar-refractivity contribution in [2.75, 3.05) is 37.8 Å². The number of amides is 1. The molecule has 140 valence electrons. The van der Waals surface area contributed by atoms with Crippen molar-refractivity contribution in [2.24, 2.45) is 5.92 Å². The van der Waals surface area contributed by atoms with Crippen LogP contribution in [0, 0.1) is 12.8 Å². The number of carbonyl (C=O) groups excluding carboxylic acids is 1. The first kappa shape index (κ1) is 18.6. The molecule has 0 radical (unpaired) electrons. The smallest absolute Gasteiger partial charge is 0.225 e. The molecule has 1 atom stereocenters. The van der Waals surface area contributed by atoms with E-state index in [9.17, 15) is 13.2 Å². The molecule has 0 aliphatic carbocycles. The van der Waals surface area contributed by atoms with E-state index >= 15 is 0 Å². The van der Waals surface area contributed by atoms with Gasteiger partial charge in [0.1, 0.15) is 0 Å². The lowest BCUT2D eigenvalue weighted by Gasteiger charge is -2.22. The van der Waals surface area contributed by atoms with Crippen LogP contribution < -0.4 is 4.90 Å². The van der Waals surface area contributed by atoms with E-state index in [4.69, 9.17) is 0 Å². The molecule has 0 spiro atoms. The maximum absolute atomic E-state index is 11.9. The first-order valence-electron chi connectivity index (χ1n) is 8.66. The van der Waals surface area contributed by atoms with Crippen LogP contribution >= 0.6 is 0 Å². The quantitative estimate of drug-likeness (QED) is 0.789. The maximum Gasteiger partial charge on any atom is 0.225 e. The van der Waals surface area contributed by atoms with Gasteiger partial charge in [0.25, 0.3) is 0 Å². The average Bonchev–Trinajstić information content (AvgIpc) is 2.92. The van der Waals surface area contributed by atoms with Crippen LogP contribution in [0.25, 0.3) is 10.9 Å². The van der Waals surface area contributed by atoms with Crippen molar-refractivity contribution >= 4 is 32.6 Å². The Bertz CT molecular complexity index is 958. The summed E-state index contributed by atoms with van der Waals surface area (Å²) in [5, 5.41) is 0.836. The van der Waals surface area contributed by atoms with E-state index in [1.165, 1.54) is 6.26 Å². The van der Waals surface area contributed by atoms with Crippen LogP contribution in [0.15, 0.2) is 23.1 Å². The minimum Gasteiger partial charge on any atom is -0.344 e. The molecular weight excluding hydrogens is 352 g/mol. The molecule has 1 fully saturated rings. The molecule has 0 N–H and O–H groups in total. The summed E-state index contributed by atoms with van der Waals surface area (Å²) in [7, 11) is -1.39. The van der Waals surface area contributed by atoms with Crippen molar-refractivity contribution in [1.82, 2.24) is 14.9 Å². The molecular formula is C18H24N4O3S. The molecule has 7 nitrogen and oxygen atoms in total. The average molecular weight is 376 g/mol. The second kappa shape index (κ2) is 6.83. The Hall–Kier alpha value is -2.22. The van der Waals surface area contributed by atoms with Gasteiger partial charge in [0, 0.05) is 50.7 Å². The van der Waals surface area contributed by atoms with Gasteiger partial charge in [0.05, 0.1) is 16.1 Å². The van der Waals surface area contributed by atoms with E-state index in [1.54, 1.807) is 18.2 Å². The number of nitrogens with zero attached hydrogens (tertiary/aromatic N) is 4. The maximum atomic E-state index is 11.9. The van der Waals surface area contributed by atoms with E-state index in [2.05, 4.69) is 9.97 Å². The summed E-state index contributed by atoms with van der Waals surface area (Å²) in [5.41, 5.74) is 1.41. The molecule has 2 aromatic rings. The third kappa shape index (κ3) is 3.65. The molecule has 1 aliphatic heterocycles. The zero-order chi connectivity index (χ0) is 19.1. The van der Waals surface area contributed by atoms with E-state index in [0.29, 0.717) is 24.4 Å². The number of sulfone groups is 1. The highest BCUT2D eigenvalue weighted by atomic mass is 32.2. The summed E-state index contributed by atoms with van der Waals surface area (Å²) in [6, 6.07) is 4.93. The van der Waals surface area contributed by atoms with Gasteiger partial charge in [-0.3, -0.25) is 4.79 Å². The Morgan fingerprint density at radius 2 is 2.04 bits per heavy atom. The van der Waals surface area contributed by atoms with Gasteiger partial charge in [-0.25, -0.2) is 18.4 Å². The topological polar surface area (TPSA) is 83.5 Å². The number of likely N-dealkylation sites (tertiary alicyclic amines) is 1. The van der Waals surface area contributed by atoms with E-state index in [0.717, 1.165) is 24.2 Å². The van der Waals surface area contributed by atoms with Gasteiger partial charge in [0.2, 0.25) is 11.9 Å². The number of benzene rings is 1. The van der Waals surface area contributed by atoms with Gasteiger partial charge < -0.3 is 9.80 Å². The first-order chi connectivity index (χ1) is 12.2. The Balaban J connectivity index is 1.88. The molecule has 0 unspecified atom stereocenters. The number of carbonyl (C=O) groups is 1. The van der Waals surface area contributed by atoms with Gasteiger partial charge in [-0.05, 0) is 32.0 Å². The monoisotopic (exact) mass is 376 g/mol. The highest BCUT2D eigenvalue weighted by Crippen LogP contribution is 2.24. The van der Waals surface area contributed by atoms with Crippen molar-refractivity contribution in [3.05, 3.63) is 23.9 Å². The third-order valence-electron chi connectivity index (χ3n) is 4.83. The second-order valence-corrected chi connectivity index (χ2v) is 8.96. The molecule has 2 heterocycles. The lowest BCUT2D eigenvalue weighted by atomic mass is 10.1. The zero-order valence-electron chi connectivity index (χ0n) is 15.6. The summed E-state index contributed by atoms with van der Waals surface area (Å²) in [6.45, 7) is 6.04. The highest BCUT2D eigenvalue weighted by molar-refractivity contribution is 7.90. The predicted octanol–water partition coefficient (Wildman–Crippen LogP) is 1.65. The SMILES string of the molecule is CCN1C[C@H](CN(C)c2nc(C)c3ccc(S(C)(=O)=O)cc3n2)CC1=O. The van der Waals surface area contributed by atoms with Crippen LogP contribution in [0.2, 0.25) is 0 Å². The van der Waals surface area contributed by atoms with Crippen LogP contribution in [0.3, 0.4) is 0 Å². The van der Waals surface area contributed by atoms with Crippen LogP contribution in [0.4, 0.5) is 5.95 Å². The molecule has 1 saturated heterocycles. The molecule has 1 aromatic heterocycles. The second-order valence-electron chi connectivity index (χ2n) is 6.94. The number of aromatic nitrogens is 2. The van der Waals surface area contributed by atoms with Gasteiger partial charge in [-0.2, -0.15) is 0 Å². The Labute approximate surface area is 154 Å². The molecule has 26 heavy (non-hydrogen) atoms. The van der Waals surface area contributed by atoms with E-state index < -0.39 is 9.84 Å². The Morgan fingerprint density at radius 1 is 1.31 bits per heavy atom. The molecule has 8 heteroatoms. The van der Waals surface area contributed by atoms with Crippen molar-refractivity contribution < 1.29 is 13.2 Å². The summed E-state index contributed by atoms with van der Waals surface area (Å²) in [5.74, 6) is 0.983. The largest absolute Gasteiger partial charge is 0.344 e. The summed E-state index contributed by atoms with van der Waals surface area (Å²) in [6.07, 6.45) is 1.73. The minimum absolute atomic E-state index is 0.194. The van der Waals surface area contributed by atoms with Crippen molar-refractivity contribution in [3.8, 4) is 0 Å². The van der Waals surface area contributed by atoms with E-state index in [1.807, 2.05) is 30.7 Å². The fraction of sp³-hybridized carbons (Fsp3) is 0.500. The first-order valence-corrected chi connectivity index (χ1v) is 10.6. The molecule has 3 rings (SSSR count). The Kier molecular flexibility index (Phi) is 4.88. The van der Waals surface area contributed by atoms with Gasteiger partial charge in [0.15, 0.2) is 9.84 Å². The van der Waals surface area contributed by atoms with Crippen LogP contribution in [-0.2, 0) is 14.6 Å². The zero-order valence-corrected chi connectivity index (χ0v) is 16.4. The number of hydrogen-bond acceptors (Lipinski definition) is 6. The van der Waals surface area contributed by atoms with Crippen LogP contribution in [0.1, 0.15) is 19.0 Å². The lowest BCUT2D eigenvalue weighted by molar-refractivity contribution is -0.127. The third-order valence-corrected chi connectivity index (χ3v) is 5.94. The van der Waals surface area contributed by atoms with Crippen LogP contribution in [0.5, 0.6) is 0 Å². The number of anilines is 1. The highest BCUT2D eigenvalue weighted by Gasteiger charge is 2.29. The minimum atomic E-state index is -3.29. The molecule has 1 aliphatic rings. The number of hydrogen-bond donors (Lipinski definition) is 0. The molecule has 0 bridgehead atoms. The Morgan fingerprint density at radius 3 is 2.65 bits per heavy atom. The van der Waals surface area contributed by atoms with Crippen molar-refractivity contribution in [2.45, 2.75) is 25.2 Å². The predicted molar refractivity (Wildman–Crippen MR) is 101 cm³/mol. The normalized spacial score (nSPS) is 17.9. The van der Waals surface area contributed by atoms with Crippen LogP contribution in [-0.4, -0.2) is 62.1 Å². The van der Waals surface area contributed by atoms with Gasteiger partial charge in [-0.1, -0.05) is 0 Å². The fourth-order valence-electron chi connectivity index (χ4n) is 3.40. The molecule has 1 aromatic carbocycles. The van der Waals surface area contributed by atoms with E-state index in [-0.39, 0.29) is 16.7 Å². The molecule has 1 amide bonds. The van der Waals surface area contributed by atoms with Gasteiger partial charge >= 0.3 is 0 Å². The fourth-order valence-corrected chi connectivity index (χ4v) is 4.05. The van der Waals surface area contributed by atoms with Crippen molar-refractivity contribution in [3.63, 3.8) is 0 Å².